The van der Waals surface area contributed by atoms with E-state index in [1.54, 1.807) is 0 Å². The topological polar surface area (TPSA) is 32.3 Å². The average molecular weight is 224 g/mol. The van der Waals surface area contributed by atoms with Crippen molar-refractivity contribution in [1.29, 1.82) is 0 Å². The zero-order chi connectivity index (χ0) is 11.7. The molecule has 4 unspecified atom stereocenters. The zero-order valence-corrected chi connectivity index (χ0v) is 10.7. The van der Waals surface area contributed by atoms with Crippen molar-refractivity contribution in [3.8, 4) is 0 Å². The molecule has 0 spiro atoms. The molecular weight excluding hydrogens is 200 g/mol. The molecule has 2 rings (SSSR count). The molecule has 0 aromatic rings. The van der Waals surface area contributed by atoms with Crippen LogP contribution in [0.2, 0.25) is 0 Å². The van der Waals surface area contributed by atoms with Crippen LogP contribution in [0.15, 0.2) is 0 Å². The highest BCUT2D eigenvalue weighted by Gasteiger charge is 2.37. The number of nitrogens with one attached hydrogen (secondary N) is 1. The number of nitrogens with zero attached hydrogens (tertiary/aromatic N) is 1. The summed E-state index contributed by atoms with van der Waals surface area (Å²) in [5, 5.41) is 3.31. The molecule has 3 heteroatoms. The van der Waals surface area contributed by atoms with Gasteiger partial charge in [-0.3, -0.25) is 10.1 Å². The third-order valence-corrected chi connectivity index (χ3v) is 4.46. The second-order valence-corrected chi connectivity index (χ2v) is 5.53. The van der Waals surface area contributed by atoms with Crippen LogP contribution in [0.25, 0.3) is 0 Å². The van der Waals surface area contributed by atoms with Crippen molar-refractivity contribution in [3.05, 3.63) is 0 Å². The van der Waals surface area contributed by atoms with Crippen LogP contribution in [0.1, 0.15) is 46.5 Å². The van der Waals surface area contributed by atoms with E-state index in [1.165, 1.54) is 19.3 Å². The quantitative estimate of drug-likeness (QED) is 0.778. The molecule has 0 bridgehead atoms. The minimum absolute atomic E-state index is 0.290. The molecule has 0 aromatic carbocycles. The Morgan fingerprint density at radius 1 is 1.31 bits per heavy atom. The van der Waals surface area contributed by atoms with E-state index >= 15 is 0 Å². The van der Waals surface area contributed by atoms with Gasteiger partial charge in [-0.2, -0.15) is 0 Å². The van der Waals surface area contributed by atoms with Crippen molar-refractivity contribution in [3.63, 3.8) is 0 Å². The van der Waals surface area contributed by atoms with E-state index in [2.05, 4.69) is 31.0 Å². The summed E-state index contributed by atoms with van der Waals surface area (Å²) in [4.78, 5) is 14.0. The van der Waals surface area contributed by atoms with Gasteiger partial charge >= 0.3 is 0 Å². The SMILES string of the molecule is CCC1NCC(=O)N1C1CCC(C)C(C)C1. The number of amides is 1. The maximum atomic E-state index is 11.9. The molecule has 92 valence electrons. The second-order valence-electron chi connectivity index (χ2n) is 5.53. The summed E-state index contributed by atoms with van der Waals surface area (Å²) in [6.07, 6.45) is 4.96. The van der Waals surface area contributed by atoms with Crippen molar-refractivity contribution in [2.75, 3.05) is 6.54 Å². The highest BCUT2D eigenvalue weighted by atomic mass is 16.2. The first-order chi connectivity index (χ1) is 7.63. The van der Waals surface area contributed by atoms with Gasteiger partial charge in [-0.05, 0) is 37.5 Å². The van der Waals surface area contributed by atoms with Gasteiger partial charge in [-0.25, -0.2) is 0 Å². The fourth-order valence-electron chi connectivity index (χ4n) is 3.14. The number of rotatable bonds is 2. The third kappa shape index (κ3) is 2.10. The van der Waals surface area contributed by atoms with Crippen molar-refractivity contribution in [2.24, 2.45) is 11.8 Å². The van der Waals surface area contributed by atoms with E-state index in [9.17, 15) is 4.79 Å². The average Bonchev–Trinajstić information content (AvgIpc) is 2.64. The Morgan fingerprint density at radius 3 is 2.69 bits per heavy atom. The number of carbonyl (C=O) groups is 1. The Balaban J connectivity index is 2.03. The van der Waals surface area contributed by atoms with Crippen LogP contribution >= 0.6 is 0 Å². The minimum Gasteiger partial charge on any atom is -0.323 e. The molecule has 3 nitrogen and oxygen atoms in total. The number of hydrogen-bond donors (Lipinski definition) is 1. The number of hydrogen-bond acceptors (Lipinski definition) is 2. The monoisotopic (exact) mass is 224 g/mol. The molecule has 2 fully saturated rings. The van der Waals surface area contributed by atoms with E-state index in [0.29, 0.717) is 18.5 Å². The lowest BCUT2D eigenvalue weighted by molar-refractivity contribution is -0.131. The fraction of sp³-hybridized carbons (Fsp3) is 0.923. The van der Waals surface area contributed by atoms with Gasteiger partial charge in [0.2, 0.25) is 5.91 Å². The molecule has 1 N–H and O–H groups in total. The van der Waals surface area contributed by atoms with E-state index in [-0.39, 0.29) is 6.17 Å². The first-order valence-corrected chi connectivity index (χ1v) is 6.68. The van der Waals surface area contributed by atoms with Gasteiger partial charge in [0.05, 0.1) is 12.7 Å². The Labute approximate surface area is 98.6 Å². The maximum Gasteiger partial charge on any atom is 0.238 e. The largest absolute Gasteiger partial charge is 0.323 e. The first-order valence-electron chi connectivity index (χ1n) is 6.68. The summed E-state index contributed by atoms with van der Waals surface area (Å²) in [7, 11) is 0. The van der Waals surface area contributed by atoms with Gasteiger partial charge in [-0.15, -0.1) is 0 Å². The molecule has 2 aliphatic rings. The zero-order valence-electron chi connectivity index (χ0n) is 10.7. The standard InChI is InChI=1S/C13H24N2O/c1-4-12-14-8-13(16)15(12)11-6-5-9(2)10(3)7-11/h9-12,14H,4-8H2,1-3H3. The van der Waals surface area contributed by atoms with Gasteiger partial charge in [0, 0.05) is 6.04 Å². The highest BCUT2D eigenvalue weighted by Crippen LogP contribution is 2.33. The van der Waals surface area contributed by atoms with Crippen molar-refractivity contribution < 1.29 is 4.79 Å². The molecular formula is C13H24N2O. The van der Waals surface area contributed by atoms with Crippen LogP contribution in [-0.2, 0) is 4.79 Å². The van der Waals surface area contributed by atoms with Crippen LogP contribution in [0.3, 0.4) is 0 Å². The Morgan fingerprint density at radius 2 is 2.06 bits per heavy atom. The van der Waals surface area contributed by atoms with Gasteiger partial charge in [0.15, 0.2) is 0 Å². The van der Waals surface area contributed by atoms with Crippen LogP contribution < -0.4 is 5.32 Å². The normalized spacial score (nSPS) is 40.4. The summed E-state index contributed by atoms with van der Waals surface area (Å²) in [5.41, 5.74) is 0. The first kappa shape index (κ1) is 11.9. The Bertz CT molecular complexity index is 267. The van der Waals surface area contributed by atoms with Crippen molar-refractivity contribution in [2.45, 2.75) is 58.7 Å². The van der Waals surface area contributed by atoms with E-state index in [1.807, 2.05) is 0 Å². The van der Waals surface area contributed by atoms with Crippen molar-refractivity contribution >= 4 is 5.91 Å². The molecule has 4 atom stereocenters. The van der Waals surface area contributed by atoms with Crippen LogP contribution in [0, 0.1) is 11.8 Å². The summed E-state index contributed by atoms with van der Waals surface area (Å²) in [5.74, 6) is 1.88. The lowest BCUT2D eigenvalue weighted by Crippen LogP contribution is -2.47. The molecule has 1 saturated heterocycles. The molecule has 1 aliphatic carbocycles. The van der Waals surface area contributed by atoms with E-state index in [4.69, 9.17) is 0 Å². The number of carbonyl (C=O) groups excluding carboxylic acids is 1. The van der Waals surface area contributed by atoms with Crippen LogP contribution in [0.5, 0.6) is 0 Å². The second kappa shape index (κ2) is 4.74. The van der Waals surface area contributed by atoms with Gasteiger partial charge in [0.25, 0.3) is 0 Å². The molecule has 16 heavy (non-hydrogen) atoms. The van der Waals surface area contributed by atoms with Crippen LogP contribution in [0.4, 0.5) is 0 Å². The lowest BCUT2D eigenvalue weighted by Gasteiger charge is -2.39. The molecule has 1 heterocycles. The summed E-state index contributed by atoms with van der Waals surface area (Å²) >= 11 is 0. The van der Waals surface area contributed by atoms with E-state index in [0.717, 1.165) is 18.3 Å². The molecule has 1 aliphatic heterocycles. The fourth-order valence-corrected chi connectivity index (χ4v) is 3.14. The highest BCUT2D eigenvalue weighted by molar-refractivity contribution is 5.81. The molecule has 1 saturated carbocycles. The summed E-state index contributed by atoms with van der Waals surface area (Å²) in [6.45, 7) is 7.35. The van der Waals surface area contributed by atoms with Crippen LogP contribution in [-0.4, -0.2) is 29.6 Å². The summed E-state index contributed by atoms with van der Waals surface area (Å²) < 4.78 is 0. The van der Waals surface area contributed by atoms with Gasteiger partial charge in [-0.1, -0.05) is 20.8 Å². The predicted octanol–water partition coefficient (Wildman–Crippen LogP) is 1.98. The van der Waals surface area contributed by atoms with E-state index < -0.39 is 0 Å². The summed E-state index contributed by atoms with van der Waals surface area (Å²) in [6, 6.07) is 0.485. The lowest BCUT2D eigenvalue weighted by atomic mass is 9.78. The molecule has 1 amide bonds. The third-order valence-electron chi connectivity index (χ3n) is 4.46. The maximum absolute atomic E-state index is 11.9. The Kier molecular flexibility index (Phi) is 3.53. The predicted molar refractivity (Wildman–Crippen MR) is 64.9 cm³/mol. The minimum atomic E-state index is 0.290. The molecule has 0 aromatic heterocycles. The smallest absolute Gasteiger partial charge is 0.238 e. The van der Waals surface area contributed by atoms with Crippen molar-refractivity contribution in [1.82, 2.24) is 10.2 Å². The van der Waals surface area contributed by atoms with Gasteiger partial charge in [0.1, 0.15) is 0 Å². The molecule has 0 radical (unpaired) electrons. The van der Waals surface area contributed by atoms with Gasteiger partial charge < -0.3 is 4.90 Å². The Hall–Kier alpha value is -0.570.